The molecule has 0 saturated heterocycles. The fraction of sp³-hybridized carbons (Fsp3) is 0.667. The van der Waals surface area contributed by atoms with Crippen LogP contribution in [-0.2, 0) is 19.1 Å². The minimum Gasteiger partial charge on any atom is -0.465 e. The van der Waals surface area contributed by atoms with E-state index in [1.54, 1.807) is 0 Å². The van der Waals surface area contributed by atoms with Crippen LogP contribution >= 0.6 is 0 Å². The fourth-order valence-electron chi connectivity index (χ4n) is 2.68. The lowest BCUT2D eigenvalue weighted by molar-refractivity contribution is -0.153. The summed E-state index contributed by atoms with van der Waals surface area (Å²) in [4.78, 5) is 21.8. The molecule has 0 heterocycles. The van der Waals surface area contributed by atoms with Crippen molar-refractivity contribution in [3.63, 3.8) is 0 Å². The van der Waals surface area contributed by atoms with Crippen molar-refractivity contribution in [2.75, 3.05) is 6.61 Å². The van der Waals surface area contributed by atoms with Gasteiger partial charge in [-0.3, -0.25) is 9.59 Å². The summed E-state index contributed by atoms with van der Waals surface area (Å²) in [5.74, 6) is 0.262. The van der Waals surface area contributed by atoms with Gasteiger partial charge >= 0.3 is 11.9 Å². The average Bonchev–Trinajstić information content (AvgIpc) is 2.74. The number of carbonyl (C=O) groups excluding carboxylic acids is 2. The van der Waals surface area contributed by atoms with E-state index in [1.807, 2.05) is 0 Å². The molecule has 0 aromatic carbocycles. The maximum atomic E-state index is 11.0. The maximum absolute atomic E-state index is 11.0. The molecule has 4 unspecified atom stereocenters. The van der Waals surface area contributed by atoms with E-state index >= 15 is 0 Å². The lowest BCUT2D eigenvalue weighted by atomic mass is 9.91. The highest BCUT2D eigenvalue weighted by atomic mass is 16.6. The Morgan fingerprint density at radius 3 is 2.50 bits per heavy atom. The molecule has 0 aliphatic heterocycles. The van der Waals surface area contributed by atoms with Crippen molar-refractivity contribution in [1.29, 1.82) is 0 Å². The van der Waals surface area contributed by atoms with E-state index in [1.165, 1.54) is 13.8 Å². The van der Waals surface area contributed by atoms with Gasteiger partial charge in [0.2, 0.25) is 0 Å². The Hall–Kier alpha value is -1.32. The van der Waals surface area contributed by atoms with Crippen LogP contribution in [0.25, 0.3) is 0 Å². The molecular weight excluding hydrogens is 208 g/mol. The smallest absolute Gasteiger partial charge is 0.302 e. The van der Waals surface area contributed by atoms with Crippen LogP contribution in [-0.4, -0.2) is 24.6 Å². The van der Waals surface area contributed by atoms with Gasteiger partial charge in [-0.1, -0.05) is 12.2 Å². The molecule has 4 nitrogen and oxygen atoms in total. The highest BCUT2D eigenvalue weighted by Gasteiger charge is 2.46. The molecule has 88 valence electrons. The molecule has 0 spiro atoms. The van der Waals surface area contributed by atoms with Gasteiger partial charge in [-0.05, 0) is 12.3 Å². The van der Waals surface area contributed by atoms with Crippen LogP contribution in [0, 0.1) is 17.8 Å². The molecule has 2 aliphatic carbocycles. The molecule has 16 heavy (non-hydrogen) atoms. The normalized spacial score (nSPS) is 35.1. The molecule has 1 fully saturated rings. The highest BCUT2D eigenvalue weighted by Crippen LogP contribution is 2.45. The third-order valence-corrected chi connectivity index (χ3v) is 3.32. The van der Waals surface area contributed by atoms with Gasteiger partial charge in [0.15, 0.2) is 0 Å². The molecule has 1 saturated carbocycles. The highest BCUT2D eigenvalue weighted by molar-refractivity contribution is 5.66. The molecule has 2 aliphatic rings. The molecule has 2 rings (SSSR count). The first-order valence-corrected chi connectivity index (χ1v) is 5.57. The molecule has 0 aromatic rings. The van der Waals surface area contributed by atoms with Crippen LogP contribution in [0.1, 0.15) is 20.3 Å². The Morgan fingerprint density at radius 1 is 1.19 bits per heavy atom. The van der Waals surface area contributed by atoms with Gasteiger partial charge in [-0.2, -0.15) is 0 Å². The number of rotatable bonds is 3. The van der Waals surface area contributed by atoms with Gasteiger partial charge in [0.25, 0.3) is 0 Å². The Bertz CT molecular complexity index is 334. The van der Waals surface area contributed by atoms with Gasteiger partial charge < -0.3 is 9.47 Å². The standard InChI is InChI=1S/C12H16O4/c1-7(13)15-6-11-9-3-4-10(5-9)12(11)16-8(2)14/h3-4,9-12H,5-6H2,1-2H3. The summed E-state index contributed by atoms with van der Waals surface area (Å²) >= 11 is 0. The second kappa shape index (κ2) is 4.28. The summed E-state index contributed by atoms with van der Waals surface area (Å²) in [7, 11) is 0. The van der Waals surface area contributed by atoms with Crippen molar-refractivity contribution >= 4 is 11.9 Å². The number of hydrogen-bond donors (Lipinski definition) is 0. The van der Waals surface area contributed by atoms with Crippen LogP contribution in [0.2, 0.25) is 0 Å². The van der Waals surface area contributed by atoms with Crippen LogP contribution in [0.4, 0.5) is 0 Å². The van der Waals surface area contributed by atoms with Gasteiger partial charge in [0, 0.05) is 25.7 Å². The van der Waals surface area contributed by atoms with Gasteiger partial charge in [-0.25, -0.2) is 0 Å². The summed E-state index contributed by atoms with van der Waals surface area (Å²) in [5, 5.41) is 0. The largest absolute Gasteiger partial charge is 0.465 e. The number of allylic oxidation sites excluding steroid dienone is 1. The number of fused-ring (bicyclic) bond motifs is 2. The topological polar surface area (TPSA) is 52.6 Å². The second-order valence-electron chi connectivity index (χ2n) is 4.49. The number of carbonyl (C=O) groups is 2. The van der Waals surface area contributed by atoms with Gasteiger partial charge in [0.05, 0.1) is 6.61 Å². The Labute approximate surface area is 94.6 Å². The Morgan fingerprint density at radius 2 is 1.88 bits per heavy atom. The van der Waals surface area contributed by atoms with Crippen LogP contribution in [0.5, 0.6) is 0 Å². The van der Waals surface area contributed by atoms with E-state index < -0.39 is 0 Å². The molecule has 0 amide bonds. The molecule has 4 heteroatoms. The summed E-state index contributed by atoms with van der Waals surface area (Å²) in [6.45, 7) is 3.15. The fourth-order valence-corrected chi connectivity index (χ4v) is 2.68. The van der Waals surface area contributed by atoms with Crippen molar-refractivity contribution in [3.05, 3.63) is 12.2 Å². The molecular formula is C12H16O4. The predicted molar refractivity (Wildman–Crippen MR) is 56.4 cm³/mol. The lowest BCUT2D eigenvalue weighted by Gasteiger charge is -2.26. The summed E-state index contributed by atoms with van der Waals surface area (Å²) < 4.78 is 10.3. The molecule has 0 radical (unpaired) electrons. The first-order valence-electron chi connectivity index (χ1n) is 5.57. The number of esters is 2. The van der Waals surface area contributed by atoms with E-state index in [0.29, 0.717) is 18.4 Å². The van der Waals surface area contributed by atoms with E-state index in [-0.39, 0.29) is 24.0 Å². The molecule has 0 N–H and O–H groups in total. The van der Waals surface area contributed by atoms with Crippen molar-refractivity contribution in [3.8, 4) is 0 Å². The third-order valence-electron chi connectivity index (χ3n) is 3.32. The maximum Gasteiger partial charge on any atom is 0.302 e. The zero-order valence-electron chi connectivity index (χ0n) is 9.51. The number of hydrogen-bond acceptors (Lipinski definition) is 4. The zero-order valence-corrected chi connectivity index (χ0v) is 9.51. The predicted octanol–water partition coefficient (Wildman–Crippen LogP) is 1.30. The summed E-state index contributed by atoms with van der Waals surface area (Å²) in [6, 6.07) is 0. The van der Waals surface area contributed by atoms with Gasteiger partial charge in [0.1, 0.15) is 6.10 Å². The summed E-state index contributed by atoms with van der Waals surface area (Å²) in [6.07, 6.45) is 5.12. The van der Waals surface area contributed by atoms with E-state index in [2.05, 4.69) is 12.2 Å². The second-order valence-corrected chi connectivity index (χ2v) is 4.49. The monoisotopic (exact) mass is 224 g/mol. The van der Waals surface area contributed by atoms with Crippen LogP contribution in [0.15, 0.2) is 12.2 Å². The van der Waals surface area contributed by atoms with Crippen molar-refractivity contribution in [2.24, 2.45) is 17.8 Å². The average molecular weight is 224 g/mol. The Balaban J connectivity index is 2.00. The van der Waals surface area contributed by atoms with Crippen molar-refractivity contribution in [1.82, 2.24) is 0 Å². The van der Waals surface area contributed by atoms with Crippen LogP contribution in [0.3, 0.4) is 0 Å². The van der Waals surface area contributed by atoms with Crippen molar-refractivity contribution in [2.45, 2.75) is 26.4 Å². The first kappa shape index (κ1) is 11.2. The lowest BCUT2D eigenvalue weighted by Crippen LogP contribution is -2.33. The van der Waals surface area contributed by atoms with Crippen LogP contribution < -0.4 is 0 Å². The molecule has 2 bridgehead atoms. The molecule has 0 aromatic heterocycles. The van der Waals surface area contributed by atoms with Crippen molar-refractivity contribution < 1.29 is 19.1 Å². The molecule has 4 atom stereocenters. The summed E-state index contributed by atoms with van der Waals surface area (Å²) in [5.41, 5.74) is 0. The SMILES string of the molecule is CC(=O)OCC1C2C=CC(C2)C1OC(C)=O. The van der Waals surface area contributed by atoms with Gasteiger partial charge in [-0.15, -0.1) is 0 Å². The van der Waals surface area contributed by atoms with E-state index in [0.717, 1.165) is 6.42 Å². The minimum absolute atomic E-state index is 0.119. The quantitative estimate of drug-likeness (QED) is 0.535. The Kier molecular flexibility index (Phi) is 2.99. The minimum atomic E-state index is -0.284. The van der Waals surface area contributed by atoms with E-state index in [4.69, 9.17) is 9.47 Å². The van der Waals surface area contributed by atoms with E-state index in [9.17, 15) is 9.59 Å². The zero-order chi connectivity index (χ0) is 11.7. The third kappa shape index (κ3) is 2.10. The number of ether oxygens (including phenoxy) is 2. The first-order chi connectivity index (χ1) is 7.58.